The lowest BCUT2D eigenvalue weighted by Gasteiger charge is -2.45. The highest BCUT2D eigenvalue weighted by Gasteiger charge is 2.33. The maximum Gasteiger partial charge on any atom is 0.119 e. The lowest BCUT2D eigenvalue weighted by atomic mass is 9.84. The third-order valence-electron chi connectivity index (χ3n) is 5.40. The normalized spacial score (nSPS) is 25.6. The number of hydrogen-bond donors (Lipinski definition) is 1. The molecule has 0 saturated carbocycles. The van der Waals surface area contributed by atoms with Gasteiger partial charge in [0, 0.05) is 19.1 Å². The number of ether oxygens (including phenoxy) is 1. The lowest BCUT2D eigenvalue weighted by molar-refractivity contribution is 0.0720. The highest BCUT2D eigenvalue weighted by atomic mass is 16.5. The quantitative estimate of drug-likeness (QED) is 0.881. The zero-order chi connectivity index (χ0) is 16.2. The summed E-state index contributed by atoms with van der Waals surface area (Å²) >= 11 is 0. The van der Waals surface area contributed by atoms with Crippen molar-refractivity contribution < 1.29 is 4.74 Å². The summed E-state index contributed by atoms with van der Waals surface area (Å²) in [6.45, 7) is 5.40. The van der Waals surface area contributed by atoms with Crippen LogP contribution < -0.4 is 10.1 Å². The first-order valence-electron chi connectivity index (χ1n) is 9.08. The zero-order valence-electron chi connectivity index (χ0n) is 14.2. The first-order valence-corrected chi connectivity index (χ1v) is 9.08. The van der Waals surface area contributed by atoms with E-state index in [2.05, 4.69) is 46.6 Å². The molecule has 0 aliphatic carbocycles. The third kappa shape index (κ3) is 3.80. The van der Waals surface area contributed by atoms with Crippen LogP contribution in [0.3, 0.4) is 0 Å². The van der Waals surface area contributed by atoms with E-state index in [9.17, 15) is 0 Å². The van der Waals surface area contributed by atoms with E-state index < -0.39 is 0 Å². The van der Waals surface area contributed by atoms with Gasteiger partial charge in [0.05, 0.1) is 0 Å². The number of nitrogens with one attached hydrogen (secondary N) is 1. The molecular formula is C21H26N2O. The van der Waals surface area contributed by atoms with E-state index in [1.807, 2.05) is 18.2 Å². The maximum atomic E-state index is 5.85. The smallest absolute Gasteiger partial charge is 0.119 e. The van der Waals surface area contributed by atoms with Gasteiger partial charge in [-0.05, 0) is 55.1 Å². The fraction of sp³-hybridized carbons (Fsp3) is 0.429. The van der Waals surface area contributed by atoms with Gasteiger partial charge in [0.25, 0.3) is 0 Å². The summed E-state index contributed by atoms with van der Waals surface area (Å²) in [7, 11) is 0. The number of benzene rings is 2. The van der Waals surface area contributed by atoms with Gasteiger partial charge in [-0.25, -0.2) is 0 Å². The molecule has 5 rings (SSSR count). The predicted molar refractivity (Wildman–Crippen MR) is 97.0 cm³/mol. The predicted octanol–water partition coefficient (Wildman–Crippen LogP) is 3.45. The van der Waals surface area contributed by atoms with Gasteiger partial charge in [-0.3, -0.25) is 0 Å². The SMILES string of the molecule is c1ccc(COc2ccc(CNC3CN4CCC3CC4)cc2)cc1. The van der Waals surface area contributed by atoms with Gasteiger partial charge in [0.2, 0.25) is 0 Å². The molecule has 3 heterocycles. The monoisotopic (exact) mass is 322 g/mol. The van der Waals surface area contributed by atoms with E-state index in [0.717, 1.165) is 18.2 Å². The summed E-state index contributed by atoms with van der Waals surface area (Å²) in [4.78, 5) is 2.60. The molecular weight excluding hydrogens is 296 g/mol. The molecule has 3 aliphatic heterocycles. The summed E-state index contributed by atoms with van der Waals surface area (Å²) in [5.41, 5.74) is 2.53. The molecule has 0 spiro atoms. The van der Waals surface area contributed by atoms with Crippen LogP contribution in [0.25, 0.3) is 0 Å². The molecule has 3 heteroatoms. The average Bonchev–Trinajstić information content (AvgIpc) is 2.67. The molecule has 2 aromatic rings. The summed E-state index contributed by atoms with van der Waals surface area (Å²) in [5, 5.41) is 3.76. The third-order valence-corrected chi connectivity index (χ3v) is 5.40. The Morgan fingerprint density at radius 1 is 0.917 bits per heavy atom. The molecule has 2 aromatic carbocycles. The Labute approximate surface area is 144 Å². The van der Waals surface area contributed by atoms with Gasteiger partial charge in [-0.1, -0.05) is 42.5 Å². The molecule has 3 nitrogen and oxygen atoms in total. The lowest BCUT2D eigenvalue weighted by Crippen LogP contribution is -2.55. The standard InChI is InChI=1S/C21H26N2O/c1-2-4-18(5-3-1)16-24-20-8-6-17(7-9-20)14-22-21-15-23-12-10-19(21)11-13-23/h1-9,19,21-22H,10-16H2. The van der Waals surface area contributed by atoms with Crippen LogP contribution in [-0.2, 0) is 13.2 Å². The van der Waals surface area contributed by atoms with E-state index in [1.54, 1.807) is 0 Å². The number of nitrogens with zero attached hydrogens (tertiary/aromatic N) is 1. The average molecular weight is 322 g/mol. The van der Waals surface area contributed by atoms with Crippen LogP contribution in [-0.4, -0.2) is 30.6 Å². The molecule has 0 radical (unpaired) electrons. The Hall–Kier alpha value is -1.84. The summed E-state index contributed by atoms with van der Waals surface area (Å²) < 4.78 is 5.85. The molecule has 1 N–H and O–H groups in total. The van der Waals surface area contributed by atoms with Gasteiger partial charge < -0.3 is 15.0 Å². The number of piperidine rings is 3. The van der Waals surface area contributed by atoms with Gasteiger partial charge in [0.15, 0.2) is 0 Å². The van der Waals surface area contributed by atoms with Crippen LogP contribution in [0, 0.1) is 5.92 Å². The molecule has 1 unspecified atom stereocenters. The Balaban J connectivity index is 1.26. The van der Waals surface area contributed by atoms with Crippen molar-refractivity contribution in [1.29, 1.82) is 0 Å². The van der Waals surface area contributed by atoms with Crippen LogP contribution in [0.4, 0.5) is 0 Å². The molecule has 0 amide bonds. The Morgan fingerprint density at radius 3 is 2.33 bits per heavy atom. The van der Waals surface area contributed by atoms with Crippen LogP contribution in [0.5, 0.6) is 5.75 Å². The highest BCUT2D eigenvalue weighted by molar-refractivity contribution is 5.27. The van der Waals surface area contributed by atoms with E-state index >= 15 is 0 Å². The molecule has 3 saturated heterocycles. The topological polar surface area (TPSA) is 24.5 Å². The van der Waals surface area contributed by atoms with Gasteiger partial charge in [-0.2, -0.15) is 0 Å². The summed E-state index contributed by atoms with van der Waals surface area (Å²) in [6.07, 6.45) is 2.73. The minimum atomic E-state index is 0.623. The van der Waals surface area contributed by atoms with E-state index in [-0.39, 0.29) is 0 Å². The second-order valence-electron chi connectivity index (χ2n) is 7.04. The Bertz CT molecular complexity index is 633. The van der Waals surface area contributed by atoms with Crippen LogP contribution in [0.1, 0.15) is 24.0 Å². The second kappa shape index (κ2) is 7.37. The van der Waals surface area contributed by atoms with Crippen molar-refractivity contribution in [2.45, 2.75) is 32.0 Å². The van der Waals surface area contributed by atoms with Crippen molar-refractivity contribution in [2.75, 3.05) is 19.6 Å². The largest absolute Gasteiger partial charge is 0.489 e. The maximum absolute atomic E-state index is 5.85. The van der Waals surface area contributed by atoms with Crippen molar-refractivity contribution in [3.8, 4) is 5.75 Å². The minimum Gasteiger partial charge on any atom is -0.489 e. The second-order valence-corrected chi connectivity index (χ2v) is 7.04. The van der Waals surface area contributed by atoms with Gasteiger partial charge in [-0.15, -0.1) is 0 Å². The summed E-state index contributed by atoms with van der Waals surface area (Å²) in [6, 6.07) is 19.5. The molecule has 24 heavy (non-hydrogen) atoms. The van der Waals surface area contributed by atoms with Gasteiger partial charge in [0.1, 0.15) is 12.4 Å². The van der Waals surface area contributed by atoms with E-state index in [1.165, 1.54) is 43.6 Å². The van der Waals surface area contributed by atoms with Crippen molar-refractivity contribution in [3.05, 3.63) is 65.7 Å². The number of fused-ring (bicyclic) bond motifs is 3. The van der Waals surface area contributed by atoms with Crippen molar-refractivity contribution in [2.24, 2.45) is 5.92 Å². The number of hydrogen-bond acceptors (Lipinski definition) is 3. The zero-order valence-corrected chi connectivity index (χ0v) is 14.2. The van der Waals surface area contributed by atoms with E-state index in [0.29, 0.717) is 12.6 Å². The summed E-state index contributed by atoms with van der Waals surface area (Å²) in [5.74, 6) is 1.81. The molecule has 3 fully saturated rings. The molecule has 3 aliphatic rings. The van der Waals surface area contributed by atoms with Crippen LogP contribution in [0.15, 0.2) is 54.6 Å². The molecule has 0 aromatic heterocycles. The molecule has 1 atom stereocenters. The van der Waals surface area contributed by atoms with Crippen molar-refractivity contribution >= 4 is 0 Å². The molecule has 126 valence electrons. The first-order chi connectivity index (χ1) is 11.9. The van der Waals surface area contributed by atoms with Crippen LogP contribution >= 0.6 is 0 Å². The van der Waals surface area contributed by atoms with Gasteiger partial charge >= 0.3 is 0 Å². The molecule has 2 bridgehead atoms. The fourth-order valence-corrected chi connectivity index (χ4v) is 3.89. The fourth-order valence-electron chi connectivity index (χ4n) is 3.89. The highest BCUT2D eigenvalue weighted by Crippen LogP contribution is 2.27. The minimum absolute atomic E-state index is 0.623. The van der Waals surface area contributed by atoms with Crippen molar-refractivity contribution in [1.82, 2.24) is 10.2 Å². The Morgan fingerprint density at radius 2 is 1.67 bits per heavy atom. The number of rotatable bonds is 6. The van der Waals surface area contributed by atoms with Crippen molar-refractivity contribution in [3.63, 3.8) is 0 Å². The van der Waals surface area contributed by atoms with Crippen LogP contribution in [0.2, 0.25) is 0 Å². The Kier molecular flexibility index (Phi) is 4.81. The first kappa shape index (κ1) is 15.7. The van der Waals surface area contributed by atoms with E-state index in [4.69, 9.17) is 4.74 Å².